The van der Waals surface area contributed by atoms with E-state index in [1.165, 1.54) is 0 Å². The van der Waals surface area contributed by atoms with E-state index in [1.807, 2.05) is 54.8 Å². The van der Waals surface area contributed by atoms with Crippen molar-refractivity contribution in [2.45, 2.75) is 19.8 Å². The van der Waals surface area contributed by atoms with Gasteiger partial charge in [0.15, 0.2) is 0 Å². The summed E-state index contributed by atoms with van der Waals surface area (Å²) < 4.78 is 0. The molecule has 0 aliphatic carbocycles. The van der Waals surface area contributed by atoms with Crippen molar-refractivity contribution in [2.75, 3.05) is 5.32 Å². The Kier molecular flexibility index (Phi) is 4.78. The van der Waals surface area contributed by atoms with Gasteiger partial charge in [-0.1, -0.05) is 18.2 Å². The minimum atomic E-state index is 0.00276. The normalized spacial score (nSPS) is 10.5. The Morgan fingerprint density at radius 3 is 2.91 bits per heavy atom. The number of hydrogen-bond donors (Lipinski definition) is 1. The highest BCUT2D eigenvalue weighted by Crippen LogP contribution is 2.22. The van der Waals surface area contributed by atoms with Crippen LogP contribution in [-0.2, 0) is 11.2 Å². The second-order valence-electron chi connectivity index (χ2n) is 5.28. The van der Waals surface area contributed by atoms with Gasteiger partial charge in [-0.05, 0) is 43.2 Å². The van der Waals surface area contributed by atoms with Crippen LogP contribution in [0.5, 0.6) is 0 Å². The Morgan fingerprint density at radius 1 is 1.22 bits per heavy atom. The number of carbonyl (C=O) groups excluding carboxylic acids is 1. The Morgan fingerprint density at radius 2 is 2.13 bits per heavy atom. The van der Waals surface area contributed by atoms with Crippen LogP contribution in [0.4, 0.5) is 5.69 Å². The van der Waals surface area contributed by atoms with Gasteiger partial charge in [-0.25, -0.2) is 4.98 Å². The predicted octanol–water partition coefficient (Wildman–Crippen LogP) is 4.08. The van der Waals surface area contributed by atoms with E-state index in [0.29, 0.717) is 12.8 Å². The summed E-state index contributed by atoms with van der Waals surface area (Å²) in [6, 6.07) is 13.6. The number of nitrogens with zero attached hydrogens (tertiary/aromatic N) is 2. The monoisotopic (exact) mass is 323 g/mol. The summed E-state index contributed by atoms with van der Waals surface area (Å²) in [5.74, 6) is 0.00276. The Bertz CT molecular complexity index is 799. The Labute approximate surface area is 139 Å². The molecule has 5 heteroatoms. The molecule has 0 atom stereocenters. The van der Waals surface area contributed by atoms with Crippen molar-refractivity contribution in [3.8, 4) is 10.7 Å². The van der Waals surface area contributed by atoms with Gasteiger partial charge in [-0.2, -0.15) is 0 Å². The summed E-state index contributed by atoms with van der Waals surface area (Å²) in [5, 5.41) is 5.79. The Hall–Kier alpha value is -2.53. The molecule has 0 bridgehead atoms. The van der Waals surface area contributed by atoms with Crippen molar-refractivity contribution in [2.24, 2.45) is 0 Å². The quantitative estimate of drug-likeness (QED) is 0.769. The van der Waals surface area contributed by atoms with Gasteiger partial charge in [0.25, 0.3) is 0 Å². The van der Waals surface area contributed by atoms with Crippen molar-refractivity contribution in [3.05, 3.63) is 65.3 Å². The minimum absolute atomic E-state index is 0.00276. The molecule has 23 heavy (non-hydrogen) atoms. The average Bonchev–Trinajstić information content (AvgIpc) is 3.03. The van der Waals surface area contributed by atoms with Crippen LogP contribution in [-0.4, -0.2) is 15.9 Å². The van der Waals surface area contributed by atoms with Gasteiger partial charge in [0.2, 0.25) is 5.91 Å². The van der Waals surface area contributed by atoms with Gasteiger partial charge in [-0.3, -0.25) is 9.78 Å². The van der Waals surface area contributed by atoms with Crippen LogP contribution in [0.2, 0.25) is 0 Å². The molecule has 3 rings (SSSR count). The number of thiazole rings is 1. The van der Waals surface area contributed by atoms with Gasteiger partial charge in [0, 0.05) is 23.7 Å². The summed E-state index contributed by atoms with van der Waals surface area (Å²) in [4.78, 5) is 20.9. The molecule has 0 radical (unpaired) electrons. The molecule has 0 aliphatic rings. The zero-order valence-corrected chi connectivity index (χ0v) is 13.6. The first-order valence-electron chi connectivity index (χ1n) is 7.43. The smallest absolute Gasteiger partial charge is 0.224 e. The fourth-order valence-corrected chi connectivity index (χ4v) is 3.05. The second-order valence-corrected chi connectivity index (χ2v) is 6.13. The largest absolute Gasteiger partial charge is 0.326 e. The highest BCUT2D eigenvalue weighted by Gasteiger charge is 2.08. The first kappa shape index (κ1) is 15.4. The fraction of sp³-hybridized carbons (Fsp3) is 0.167. The third-order valence-corrected chi connectivity index (χ3v) is 4.26. The van der Waals surface area contributed by atoms with E-state index in [2.05, 4.69) is 15.3 Å². The minimum Gasteiger partial charge on any atom is -0.326 e. The molecule has 0 aliphatic heterocycles. The maximum atomic E-state index is 12.0. The molecule has 4 nitrogen and oxygen atoms in total. The molecule has 2 heterocycles. The van der Waals surface area contributed by atoms with E-state index in [0.717, 1.165) is 27.6 Å². The average molecular weight is 323 g/mol. The van der Waals surface area contributed by atoms with Crippen LogP contribution in [0.25, 0.3) is 10.7 Å². The van der Waals surface area contributed by atoms with E-state index in [4.69, 9.17) is 0 Å². The first-order chi connectivity index (χ1) is 11.2. The van der Waals surface area contributed by atoms with Gasteiger partial charge < -0.3 is 5.32 Å². The molecule has 3 aromatic rings. The predicted molar refractivity (Wildman–Crippen MR) is 93.5 cm³/mol. The zero-order chi connectivity index (χ0) is 16.1. The van der Waals surface area contributed by atoms with Crippen molar-refractivity contribution >= 4 is 22.9 Å². The van der Waals surface area contributed by atoms with Crippen LogP contribution in [0.15, 0.2) is 54.0 Å². The van der Waals surface area contributed by atoms with E-state index >= 15 is 0 Å². The summed E-state index contributed by atoms with van der Waals surface area (Å²) in [5.41, 5.74) is 3.76. The lowest BCUT2D eigenvalue weighted by atomic mass is 10.2. The first-order valence-corrected chi connectivity index (χ1v) is 8.31. The third kappa shape index (κ3) is 4.23. The number of anilines is 1. The van der Waals surface area contributed by atoms with Crippen LogP contribution in [0, 0.1) is 6.92 Å². The molecular weight excluding hydrogens is 306 g/mol. The molecular formula is C18H17N3OS. The highest BCUT2D eigenvalue weighted by atomic mass is 32.1. The lowest BCUT2D eigenvalue weighted by Gasteiger charge is -2.05. The molecule has 1 aromatic carbocycles. The van der Waals surface area contributed by atoms with Crippen LogP contribution < -0.4 is 5.32 Å². The summed E-state index contributed by atoms with van der Waals surface area (Å²) in [6.07, 6.45) is 2.80. The number of aryl methyl sites for hydroxylation is 2. The van der Waals surface area contributed by atoms with E-state index < -0.39 is 0 Å². The number of aromatic nitrogens is 2. The molecule has 0 fully saturated rings. The van der Waals surface area contributed by atoms with Crippen molar-refractivity contribution in [1.29, 1.82) is 0 Å². The maximum Gasteiger partial charge on any atom is 0.224 e. The van der Waals surface area contributed by atoms with Gasteiger partial charge >= 0.3 is 0 Å². The number of pyridine rings is 1. The zero-order valence-electron chi connectivity index (χ0n) is 12.8. The lowest BCUT2D eigenvalue weighted by Crippen LogP contribution is -2.12. The van der Waals surface area contributed by atoms with E-state index in [-0.39, 0.29) is 5.91 Å². The lowest BCUT2D eigenvalue weighted by molar-refractivity contribution is -0.116. The van der Waals surface area contributed by atoms with Crippen LogP contribution >= 0.6 is 11.3 Å². The summed E-state index contributed by atoms with van der Waals surface area (Å²) in [6.45, 7) is 2.00. The molecule has 0 unspecified atom stereocenters. The molecule has 116 valence electrons. The number of nitrogens with one attached hydrogen (secondary N) is 1. The van der Waals surface area contributed by atoms with E-state index in [9.17, 15) is 4.79 Å². The van der Waals surface area contributed by atoms with Gasteiger partial charge in [0.1, 0.15) is 5.01 Å². The molecule has 0 spiro atoms. The fourth-order valence-electron chi connectivity index (χ4n) is 2.22. The third-order valence-electron chi connectivity index (χ3n) is 3.35. The van der Waals surface area contributed by atoms with Crippen LogP contribution in [0.3, 0.4) is 0 Å². The molecule has 2 aromatic heterocycles. The number of carbonyl (C=O) groups is 1. The topological polar surface area (TPSA) is 54.9 Å². The molecule has 1 amide bonds. The standard InChI is InChI=1S/C18H17N3OS/c1-13-5-4-6-14(11-13)20-17(22)9-8-15-12-23-18(21-15)16-7-2-3-10-19-16/h2-7,10-12H,8-9H2,1H3,(H,20,22). The summed E-state index contributed by atoms with van der Waals surface area (Å²) >= 11 is 1.55. The SMILES string of the molecule is Cc1cccc(NC(=O)CCc2csc(-c3ccccn3)n2)c1. The number of hydrogen-bond acceptors (Lipinski definition) is 4. The maximum absolute atomic E-state index is 12.0. The van der Waals surface area contributed by atoms with E-state index in [1.54, 1.807) is 17.5 Å². The summed E-state index contributed by atoms with van der Waals surface area (Å²) in [7, 11) is 0. The highest BCUT2D eigenvalue weighted by molar-refractivity contribution is 7.13. The number of benzene rings is 1. The molecule has 0 saturated heterocycles. The second kappa shape index (κ2) is 7.15. The van der Waals surface area contributed by atoms with Crippen LogP contribution in [0.1, 0.15) is 17.7 Å². The van der Waals surface area contributed by atoms with Crippen molar-refractivity contribution in [3.63, 3.8) is 0 Å². The molecule has 1 N–H and O–H groups in total. The van der Waals surface area contributed by atoms with Gasteiger partial charge in [-0.15, -0.1) is 11.3 Å². The van der Waals surface area contributed by atoms with Crippen molar-refractivity contribution < 1.29 is 4.79 Å². The Balaban J connectivity index is 1.56. The number of rotatable bonds is 5. The number of amides is 1. The van der Waals surface area contributed by atoms with Crippen molar-refractivity contribution in [1.82, 2.24) is 9.97 Å². The molecule has 0 saturated carbocycles. The van der Waals surface area contributed by atoms with Gasteiger partial charge in [0.05, 0.1) is 11.4 Å².